The molecule has 0 aliphatic heterocycles. The highest BCUT2D eigenvalue weighted by molar-refractivity contribution is 5.10. The second-order valence-corrected chi connectivity index (χ2v) is 4.77. The van der Waals surface area contributed by atoms with Gasteiger partial charge in [-0.15, -0.1) is 0 Å². The van der Waals surface area contributed by atoms with Crippen LogP contribution in [-0.4, -0.2) is 15.1 Å². The molecule has 1 heterocycles. The smallest absolute Gasteiger partial charge is 0.101 e. The van der Waals surface area contributed by atoms with E-state index in [1.165, 1.54) is 5.57 Å². The molecule has 1 N–H and O–H groups in total. The van der Waals surface area contributed by atoms with E-state index in [0.29, 0.717) is 11.6 Å². The molecule has 2 rings (SSSR count). The maximum Gasteiger partial charge on any atom is 0.101 e. The van der Waals surface area contributed by atoms with Gasteiger partial charge in [0.25, 0.3) is 0 Å². The van der Waals surface area contributed by atoms with E-state index >= 15 is 0 Å². The number of hydrogen-bond donors (Lipinski definition) is 1. The van der Waals surface area contributed by atoms with Crippen LogP contribution in [0.15, 0.2) is 30.2 Å². The second kappa shape index (κ2) is 4.74. The third kappa shape index (κ3) is 2.47. The quantitative estimate of drug-likeness (QED) is 0.776. The molecule has 16 heavy (non-hydrogen) atoms. The fraction of sp³-hybridized carbons (Fsp3) is 0.538. The SMILES string of the molecule is CC1=CC(C)CC(C(O)c2cnccn2)C1. The molecule has 3 atom stereocenters. The summed E-state index contributed by atoms with van der Waals surface area (Å²) in [5.74, 6) is 0.821. The summed E-state index contributed by atoms with van der Waals surface area (Å²) in [5.41, 5.74) is 2.06. The summed E-state index contributed by atoms with van der Waals surface area (Å²) in [6, 6.07) is 0. The first kappa shape index (κ1) is 11.3. The van der Waals surface area contributed by atoms with Gasteiger partial charge in [0, 0.05) is 12.4 Å². The van der Waals surface area contributed by atoms with Gasteiger partial charge in [0.15, 0.2) is 0 Å². The van der Waals surface area contributed by atoms with Gasteiger partial charge in [-0.3, -0.25) is 9.97 Å². The minimum Gasteiger partial charge on any atom is -0.386 e. The molecule has 0 spiro atoms. The molecule has 3 unspecified atom stereocenters. The number of rotatable bonds is 2. The summed E-state index contributed by atoms with van der Waals surface area (Å²) in [6.07, 6.45) is 8.71. The molecule has 1 aromatic heterocycles. The Kier molecular flexibility index (Phi) is 3.34. The van der Waals surface area contributed by atoms with E-state index in [1.807, 2.05) is 0 Å². The minimum absolute atomic E-state index is 0.275. The monoisotopic (exact) mass is 218 g/mol. The average molecular weight is 218 g/mol. The van der Waals surface area contributed by atoms with Crippen molar-refractivity contribution in [1.82, 2.24) is 9.97 Å². The highest BCUT2D eigenvalue weighted by Gasteiger charge is 2.26. The van der Waals surface area contributed by atoms with Gasteiger partial charge < -0.3 is 5.11 Å². The van der Waals surface area contributed by atoms with Crippen molar-refractivity contribution in [2.24, 2.45) is 11.8 Å². The van der Waals surface area contributed by atoms with Gasteiger partial charge in [0.2, 0.25) is 0 Å². The number of aromatic nitrogens is 2. The number of nitrogens with zero attached hydrogens (tertiary/aromatic N) is 2. The van der Waals surface area contributed by atoms with Gasteiger partial charge in [-0.2, -0.15) is 0 Å². The van der Waals surface area contributed by atoms with Crippen LogP contribution in [0.25, 0.3) is 0 Å². The van der Waals surface area contributed by atoms with Crippen LogP contribution in [-0.2, 0) is 0 Å². The highest BCUT2D eigenvalue weighted by Crippen LogP contribution is 2.35. The average Bonchev–Trinajstić information content (AvgIpc) is 2.28. The van der Waals surface area contributed by atoms with Crippen LogP contribution in [0, 0.1) is 11.8 Å². The van der Waals surface area contributed by atoms with Crippen LogP contribution < -0.4 is 0 Å². The molecule has 3 nitrogen and oxygen atoms in total. The molecule has 0 aromatic carbocycles. The van der Waals surface area contributed by atoms with Gasteiger partial charge in [-0.05, 0) is 31.6 Å². The van der Waals surface area contributed by atoms with E-state index in [1.54, 1.807) is 18.6 Å². The lowest BCUT2D eigenvalue weighted by Crippen LogP contribution is -2.20. The summed E-state index contributed by atoms with van der Waals surface area (Å²) in [4.78, 5) is 8.17. The number of aliphatic hydroxyl groups excluding tert-OH is 1. The molecule has 1 aromatic rings. The topological polar surface area (TPSA) is 46.0 Å². The van der Waals surface area contributed by atoms with E-state index in [-0.39, 0.29) is 5.92 Å². The molecule has 0 radical (unpaired) electrons. The minimum atomic E-state index is -0.486. The number of hydrogen-bond acceptors (Lipinski definition) is 3. The molecule has 3 heteroatoms. The van der Waals surface area contributed by atoms with E-state index in [9.17, 15) is 5.11 Å². The first-order chi connectivity index (χ1) is 7.66. The van der Waals surface area contributed by atoms with Crippen molar-refractivity contribution in [3.63, 3.8) is 0 Å². The third-order valence-corrected chi connectivity index (χ3v) is 3.16. The summed E-state index contributed by atoms with van der Waals surface area (Å²) in [6.45, 7) is 4.32. The first-order valence-electron chi connectivity index (χ1n) is 5.78. The van der Waals surface area contributed by atoms with Crippen molar-refractivity contribution in [3.05, 3.63) is 35.9 Å². The predicted molar refractivity (Wildman–Crippen MR) is 62.6 cm³/mol. The Morgan fingerprint density at radius 3 is 2.88 bits per heavy atom. The van der Waals surface area contributed by atoms with Crippen LogP contribution >= 0.6 is 0 Å². The Morgan fingerprint density at radius 2 is 2.25 bits per heavy atom. The maximum absolute atomic E-state index is 10.3. The zero-order chi connectivity index (χ0) is 11.5. The lowest BCUT2D eigenvalue weighted by molar-refractivity contribution is 0.0890. The highest BCUT2D eigenvalue weighted by atomic mass is 16.3. The summed E-state index contributed by atoms with van der Waals surface area (Å²) in [5, 5.41) is 10.3. The standard InChI is InChI=1S/C13H18N2O/c1-9-5-10(2)7-11(6-9)13(16)12-8-14-3-4-15-12/h3-5,8-9,11,13,16H,6-7H2,1-2H3. The Balaban J connectivity index is 2.12. The summed E-state index contributed by atoms with van der Waals surface area (Å²) >= 11 is 0. The summed E-state index contributed by atoms with van der Waals surface area (Å²) < 4.78 is 0. The van der Waals surface area contributed by atoms with Gasteiger partial charge in [-0.1, -0.05) is 18.6 Å². The summed E-state index contributed by atoms with van der Waals surface area (Å²) in [7, 11) is 0. The molecule has 0 saturated heterocycles. The van der Waals surface area contributed by atoms with E-state index < -0.39 is 6.10 Å². The van der Waals surface area contributed by atoms with Crippen molar-refractivity contribution in [2.45, 2.75) is 32.8 Å². The molecular formula is C13H18N2O. The van der Waals surface area contributed by atoms with Crippen molar-refractivity contribution >= 4 is 0 Å². The molecule has 1 aliphatic rings. The van der Waals surface area contributed by atoms with Crippen LogP contribution in [0.5, 0.6) is 0 Å². The van der Waals surface area contributed by atoms with Crippen molar-refractivity contribution in [3.8, 4) is 0 Å². The van der Waals surface area contributed by atoms with E-state index in [2.05, 4.69) is 29.9 Å². The van der Waals surface area contributed by atoms with Gasteiger partial charge in [0.05, 0.1) is 11.9 Å². The zero-order valence-corrected chi connectivity index (χ0v) is 9.80. The Morgan fingerprint density at radius 1 is 1.44 bits per heavy atom. The number of allylic oxidation sites excluding steroid dienone is 2. The van der Waals surface area contributed by atoms with Gasteiger partial charge in [-0.25, -0.2) is 0 Å². The Hall–Kier alpha value is -1.22. The van der Waals surface area contributed by atoms with Crippen molar-refractivity contribution in [1.29, 1.82) is 0 Å². The fourth-order valence-electron chi connectivity index (χ4n) is 2.54. The van der Waals surface area contributed by atoms with Crippen LogP contribution in [0.2, 0.25) is 0 Å². The first-order valence-corrected chi connectivity index (χ1v) is 5.78. The lowest BCUT2D eigenvalue weighted by atomic mass is 9.80. The fourth-order valence-corrected chi connectivity index (χ4v) is 2.54. The zero-order valence-electron chi connectivity index (χ0n) is 9.80. The maximum atomic E-state index is 10.3. The molecule has 0 amide bonds. The van der Waals surface area contributed by atoms with Gasteiger partial charge >= 0.3 is 0 Å². The van der Waals surface area contributed by atoms with Crippen molar-refractivity contribution < 1.29 is 5.11 Å². The van der Waals surface area contributed by atoms with Crippen LogP contribution in [0.4, 0.5) is 0 Å². The third-order valence-electron chi connectivity index (χ3n) is 3.16. The largest absolute Gasteiger partial charge is 0.386 e. The normalized spacial score (nSPS) is 27.3. The molecule has 1 aliphatic carbocycles. The Labute approximate surface area is 96.3 Å². The van der Waals surface area contributed by atoms with Crippen LogP contribution in [0.1, 0.15) is 38.5 Å². The molecule has 0 fully saturated rings. The molecule has 0 bridgehead atoms. The Bertz CT molecular complexity index is 375. The predicted octanol–water partition coefficient (Wildman–Crippen LogP) is 2.50. The lowest BCUT2D eigenvalue weighted by Gasteiger charge is -2.28. The van der Waals surface area contributed by atoms with Crippen LogP contribution in [0.3, 0.4) is 0 Å². The van der Waals surface area contributed by atoms with E-state index in [4.69, 9.17) is 0 Å². The van der Waals surface area contributed by atoms with E-state index in [0.717, 1.165) is 12.8 Å². The molecular weight excluding hydrogens is 200 g/mol. The molecule has 86 valence electrons. The van der Waals surface area contributed by atoms with Gasteiger partial charge in [0.1, 0.15) is 6.10 Å². The van der Waals surface area contributed by atoms with Crippen molar-refractivity contribution in [2.75, 3.05) is 0 Å². The number of aliphatic hydroxyl groups is 1. The second-order valence-electron chi connectivity index (χ2n) is 4.77. The molecule has 0 saturated carbocycles.